The lowest BCUT2D eigenvalue weighted by Crippen LogP contribution is -2.63. The average Bonchev–Trinajstić information content (AvgIpc) is 2.61. The zero-order valence-electron chi connectivity index (χ0n) is 16.6. The molecule has 1 aliphatic heterocycles. The first kappa shape index (κ1) is 20.3. The average molecular weight is 394 g/mol. The number of hydrogen-bond donors (Lipinski definition) is 1. The van der Waals surface area contributed by atoms with Gasteiger partial charge in [-0.3, -0.25) is 4.79 Å². The maximum atomic E-state index is 13.4. The van der Waals surface area contributed by atoms with Gasteiger partial charge in [0.25, 0.3) is 5.91 Å². The highest BCUT2D eigenvalue weighted by Gasteiger charge is 2.44. The Labute approximate surface area is 163 Å². The summed E-state index contributed by atoms with van der Waals surface area (Å²) in [4.78, 5) is 17.9. The Kier molecular flexibility index (Phi) is 5.93. The number of rotatable bonds is 4. The highest BCUT2D eigenvalue weighted by molar-refractivity contribution is 7.89. The second-order valence-electron chi connectivity index (χ2n) is 8.28. The van der Waals surface area contributed by atoms with Crippen LogP contribution in [0.3, 0.4) is 0 Å². The number of hydrogen-bond acceptors (Lipinski definition) is 4. The predicted molar refractivity (Wildman–Crippen MR) is 106 cm³/mol. The van der Waals surface area contributed by atoms with Gasteiger partial charge in [0.05, 0.1) is 10.4 Å². The van der Waals surface area contributed by atoms with Crippen LogP contribution in [-0.2, 0) is 10.0 Å². The molecule has 1 spiro atoms. The van der Waals surface area contributed by atoms with E-state index in [-0.39, 0.29) is 22.4 Å². The number of carbonyl (C=O) groups is 1. The molecule has 1 aromatic carbocycles. The Balaban J connectivity index is 1.89. The summed E-state index contributed by atoms with van der Waals surface area (Å²) in [6.45, 7) is 6.00. The molecule has 150 valence electrons. The van der Waals surface area contributed by atoms with E-state index < -0.39 is 10.0 Å². The highest BCUT2D eigenvalue weighted by atomic mass is 32.2. The molecule has 1 amide bonds. The summed E-state index contributed by atoms with van der Waals surface area (Å²) in [5.41, 5.74) is 0.337. The van der Waals surface area contributed by atoms with E-state index in [4.69, 9.17) is 0 Å². The van der Waals surface area contributed by atoms with Gasteiger partial charge in [0.1, 0.15) is 0 Å². The summed E-state index contributed by atoms with van der Waals surface area (Å²) in [5.74, 6) is -0.0494. The molecule has 0 unspecified atom stereocenters. The summed E-state index contributed by atoms with van der Waals surface area (Å²) in [6, 6.07) is 6.25. The van der Waals surface area contributed by atoms with Gasteiger partial charge in [-0.15, -0.1) is 0 Å². The van der Waals surface area contributed by atoms with E-state index in [1.807, 2.05) is 4.90 Å². The Morgan fingerprint density at radius 2 is 1.85 bits per heavy atom. The third-order valence-electron chi connectivity index (χ3n) is 5.65. The van der Waals surface area contributed by atoms with Crippen molar-refractivity contribution in [3.63, 3.8) is 0 Å². The number of piperazine rings is 1. The van der Waals surface area contributed by atoms with Crippen LogP contribution in [0.4, 0.5) is 0 Å². The Morgan fingerprint density at radius 3 is 2.52 bits per heavy atom. The van der Waals surface area contributed by atoms with E-state index in [0.717, 1.165) is 38.8 Å². The van der Waals surface area contributed by atoms with Crippen molar-refractivity contribution in [2.24, 2.45) is 0 Å². The Hall–Kier alpha value is -1.44. The van der Waals surface area contributed by atoms with Crippen LogP contribution in [0.5, 0.6) is 0 Å². The number of likely N-dealkylation sites (N-methyl/N-ethyl adjacent to an activating group) is 1. The number of nitrogens with one attached hydrogen (secondary N) is 1. The van der Waals surface area contributed by atoms with E-state index >= 15 is 0 Å². The molecule has 1 heterocycles. The monoisotopic (exact) mass is 393 g/mol. The van der Waals surface area contributed by atoms with E-state index in [1.165, 1.54) is 12.5 Å². The molecule has 0 atom stereocenters. The molecule has 0 bridgehead atoms. The summed E-state index contributed by atoms with van der Waals surface area (Å²) in [5, 5.41) is 0. The number of amides is 1. The molecule has 2 fully saturated rings. The maximum Gasteiger partial charge on any atom is 0.254 e. The lowest BCUT2D eigenvalue weighted by Gasteiger charge is -2.52. The second kappa shape index (κ2) is 7.89. The van der Waals surface area contributed by atoms with Gasteiger partial charge >= 0.3 is 0 Å². The van der Waals surface area contributed by atoms with Gasteiger partial charge in [-0.1, -0.05) is 25.3 Å². The number of carbonyl (C=O) groups excluding carboxylic acids is 1. The van der Waals surface area contributed by atoms with Crippen molar-refractivity contribution in [3.05, 3.63) is 29.8 Å². The molecule has 1 saturated carbocycles. The van der Waals surface area contributed by atoms with Crippen molar-refractivity contribution >= 4 is 15.9 Å². The lowest BCUT2D eigenvalue weighted by atomic mass is 9.78. The van der Waals surface area contributed by atoms with Crippen LogP contribution in [0.1, 0.15) is 56.3 Å². The largest absolute Gasteiger partial charge is 0.330 e. The zero-order chi connectivity index (χ0) is 19.7. The van der Waals surface area contributed by atoms with Crippen LogP contribution in [-0.4, -0.2) is 62.4 Å². The fourth-order valence-electron chi connectivity index (χ4n) is 4.46. The van der Waals surface area contributed by atoms with Gasteiger partial charge in [0.2, 0.25) is 10.0 Å². The first-order valence-corrected chi connectivity index (χ1v) is 11.3. The second-order valence-corrected chi connectivity index (χ2v) is 10.00. The van der Waals surface area contributed by atoms with Crippen molar-refractivity contribution in [3.8, 4) is 0 Å². The topological polar surface area (TPSA) is 69.7 Å². The third kappa shape index (κ3) is 4.36. The van der Waals surface area contributed by atoms with Gasteiger partial charge in [-0.05, 0) is 51.9 Å². The maximum absolute atomic E-state index is 13.4. The van der Waals surface area contributed by atoms with E-state index in [0.29, 0.717) is 12.1 Å². The van der Waals surface area contributed by atoms with Crippen molar-refractivity contribution in [2.45, 2.75) is 62.4 Å². The summed E-state index contributed by atoms with van der Waals surface area (Å²) in [6.07, 6.45) is 5.56. The molecule has 2 aliphatic rings. The van der Waals surface area contributed by atoms with Crippen LogP contribution >= 0.6 is 0 Å². The molecule has 1 saturated heterocycles. The standard InChI is InChI=1S/C20H31N3O3S/c1-16(2)21-27(25,26)18-9-7-8-17(14-18)19(24)23-13-12-22(3)15-20(23)10-5-4-6-11-20/h7-9,14,16,21H,4-6,10-13,15H2,1-3H3. The molecular weight excluding hydrogens is 362 g/mol. The van der Waals surface area contributed by atoms with E-state index in [9.17, 15) is 13.2 Å². The summed E-state index contributed by atoms with van der Waals surface area (Å²) in [7, 11) is -1.50. The van der Waals surface area contributed by atoms with E-state index in [1.54, 1.807) is 32.0 Å². The molecule has 7 heteroatoms. The predicted octanol–water partition coefficient (Wildman–Crippen LogP) is 2.46. The van der Waals surface area contributed by atoms with Gasteiger partial charge in [0, 0.05) is 31.2 Å². The number of sulfonamides is 1. The molecule has 1 aromatic rings. The Bertz CT molecular complexity index is 785. The first-order chi connectivity index (χ1) is 12.7. The summed E-state index contributed by atoms with van der Waals surface area (Å²) < 4.78 is 27.6. The minimum atomic E-state index is -3.62. The molecule has 1 N–H and O–H groups in total. The van der Waals surface area contributed by atoms with Crippen LogP contribution in [0.25, 0.3) is 0 Å². The van der Waals surface area contributed by atoms with Crippen molar-refractivity contribution in [1.82, 2.24) is 14.5 Å². The SMILES string of the molecule is CC(C)NS(=O)(=O)c1cccc(C(=O)N2CCN(C)CC23CCCCC3)c1. The van der Waals surface area contributed by atoms with Crippen LogP contribution < -0.4 is 4.72 Å². The molecular formula is C20H31N3O3S. The van der Waals surface area contributed by atoms with Gasteiger partial charge < -0.3 is 9.80 Å². The minimum Gasteiger partial charge on any atom is -0.330 e. The molecule has 0 radical (unpaired) electrons. The fraction of sp³-hybridized carbons (Fsp3) is 0.650. The smallest absolute Gasteiger partial charge is 0.254 e. The van der Waals surface area contributed by atoms with Crippen LogP contribution in [0.2, 0.25) is 0 Å². The molecule has 3 rings (SSSR count). The lowest BCUT2D eigenvalue weighted by molar-refractivity contribution is -0.00779. The van der Waals surface area contributed by atoms with E-state index in [2.05, 4.69) is 16.7 Å². The molecule has 6 nitrogen and oxygen atoms in total. The highest BCUT2D eigenvalue weighted by Crippen LogP contribution is 2.37. The zero-order valence-corrected chi connectivity index (χ0v) is 17.4. The van der Waals surface area contributed by atoms with Crippen LogP contribution in [0.15, 0.2) is 29.2 Å². The third-order valence-corrected chi connectivity index (χ3v) is 7.31. The van der Waals surface area contributed by atoms with Crippen molar-refractivity contribution in [1.29, 1.82) is 0 Å². The number of nitrogens with zero attached hydrogens (tertiary/aromatic N) is 2. The van der Waals surface area contributed by atoms with Crippen molar-refractivity contribution in [2.75, 3.05) is 26.7 Å². The minimum absolute atomic E-state index is 0.0494. The quantitative estimate of drug-likeness (QED) is 0.853. The summed E-state index contributed by atoms with van der Waals surface area (Å²) >= 11 is 0. The first-order valence-electron chi connectivity index (χ1n) is 9.86. The molecule has 27 heavy (non-hydrogen) atoms. The molecule has 1 aliphatic carbocycles. The fourth-order valence-corrected chi connectivity index (χ4v) is 5.76. The molecule has 0 aromatic heterocycles. The van der Waals surface area contributed by atoms with Gasteiger partial charge in [-0.2, -0.15) is 0 Å². The van der Waals surface area contributed by atoms with Gasteiger partial charge in [0.15, 0.2) is 0 Å². The Morgan fingerprint density at radius 1 is 1.15 bits per heavy atom. The normalized spacial score (nSPS) is 21.0. The van der Waals surface area contributed by atoms with Crippen molar-refractivity contribution < 1.29 is 13.2 Å². The van der Waals surface area contributed by atoms with Crippen LogP contribution in [0, 0.1) is 0 Å². The number of benzene rings is 1. The van der Waals surface area contributed by atoms with Gasteiger partial charge in [-0.25, -0.2) is 13.1 Å².